The van der Waals surface area contributed by atoms with Gasteiger partial charge in [0.2, 0.25) is 11.6 Å². The highest BCUT2D eigenvalue weighted by Gasteiger charge is 2.25. The fraction of sp³-hybridized carbons (Fsp3) is 0.214. The van der Waals surface area contributed by atoms with Crippen molar-refractivity contribution >= 4 is 13.3 Å². The zero-order valence-corrected chi connectivity index (χ0v) is 13.4. The van der Waals surface area contributed by atoms with Gasteiger partial charge < -0.3 is 13.8 Å². The van der Waals surface area contributed by atoms with Gasteiger partial charge in [0.25, 0.3) is 0 Å². The average molecular weight is 338 g/mol. The third-order valence-electron chi connectivity index (χ3n) is 2.62. The summed E-state index contributed by atoms with van der Waals surface area (Å²) < 4.78 is 27.8. The fourth-order valence-corrected chi connectivity index (χ4v) is 2.77. The summed E-state index contributed by atoms with van der Waals surface area (Å²) in [6, 6.07) is 8.99. The number of ether oxygens (including phenoxy) is 1. The van der Waals surface area contributed by atoms with Crippen molar-refractivity contribution in [1.29, 1.82) is 0 Å². The minimum absolute atomic E-state index is 0.158. The Labute approximate surface area is 132 Å². The molecule has 0 aliphatic heterocycles. The van der Waals surface area contributed by atoms with Gasteiger partial charge in [0.1, 0.15) is 5.75 Å². The van der Waals surface area contributed by atoms with E-state index in [1.807, 2.05) is 0 Å². The first-order chi connectivity index (χ1) is 10.9. The molecule has 1 atom stereocenters. The molecule has 122 valence electrons. The number of benzene rings is 1. The predicted molar refractivity (Wildman–Crippen MR) is 83.2 cm³/mol. The predicted octanol–water partition coefficient (Wildman–Crippen LogP) is 4.02. The summed E-state index contributed by atoms with van der Waals surface area (Å²) in [4.78, 5) is 14.4. The first-order valence-electron chi connectivity index (χ1n) is 6.70. The van der Waals surface area contributed by atoms with Crippen molar-refractivity contribution < 1.29 is 23.3 Å². The Morgan fingerprint density at radius 1 is 1.30 bits per heavy atom. The number of hydrogen-bond donors (Lipinski definition) is 0. The van der Waals surface area contributed by atoms with Gasteiger partial charge >= 0.3 is 13.3 Å². The third-order valence-corrected chi connectivity index (χ3v) is 3.87. The molecule has 2 rings (SSSR count). The largest absolute Gasteiger partial charge is 0.439 e. The zero-order chi connectivity index (χ0) is 16.9. The van der Waals surface area contributed by atoms with Gasteiger partial charge in [0.15, 0.2) is 0 Å². The van der Waals surface area contributed by atoms with E-state index in [1.165, 1.54) is 24.9 Å². The molecule has 1 unspecified atom stereocenters. The highest BCUT2D eigenvalue weighted by molar-refractivity contribution is 7.53. The van der Waals surface area contributed by atoms with E-state index in [4.69, 9.17) is 13.8 Å². The van der Waals surface area contributed by atoms with E-state index in [9.17, 15) is 14.7 Å². The topological polar surface area (TPSA) is 101 Å². The van der Waals surface area contributed by atoms with Crippen molar-refractivity contribution in [2.24, 2.45) is 0 Å². The molecular weight excluding hydrogens is 323 g/mol. The molecule has 0 saturated heterocycles. The molecule has 0 radical (unpaired) electrons. The maximum Gasteiger partial charge on any atom is 0.376 e. The summed E-state index contributed by atoms with van der Waals surface area (Å²) in [5, 5.41) is 11.1. The van der Waals surface area contributed by atoms with Crippen LogP contribution in [0.1, 0.15) is 6.92 Å². The lowest BCUT2D eigenvalue weighted by atomic mass is 10.3. The number of rotatable bonds is 7. The van der Waals surface area contributed by atoms with Crippen LogP contribution < -0.4 is 9.26 Å². The minimum atomic E-state index is -3.46. The van der Waals surface area contributed by atoms with E-state index >= 15 is 0 Å². The number of aromatic nitrogens is 1. The highest BCUT2D eigenvalue weighted by atomic mass is 31.2. The summed E-state index contributed by atoms with van der Waals surface area (Å²) in [6.45, 7) is 3.05. The lowest BCUT2D eigenvalue weighted by molar-refractivity contribution is -0.385. The Morgan fingerprint density at radius 3 is 2.70 bits per heavy atom. The van der Waals surface area contributed by atoms with E-state index in [0.29, 0.717) is 5.88 Å². The maximum atomic E-state index is 12.1. The van der Waals surface area contributed by atoms with Crippen LogP contribution in [-0.2, 0) is 9.09 Å². The Morgan fingerprint density at radius 2 is 2.09 bits per heavy atom. The molecule has 0 amide bonds. The molecule has 1 aromatic heterocycles. The normalized spacial score (nSPS) is 13.1. The highest BCUT2D eigenvalue weighted by Crippen LogP contribution is 2.47. The summed E-state index contributed by atoms with van der Waals surface area (Å²) in [5.74, 6) is 0.389. The van der Waals surface area contributed by atoms with Gasteiger partial charge in [-0.25, -0.2) is 9.55 Å². The molecule has 0 spiro atoms. The Hall–Kier alpha value is -2.44. The molecule has 1 heterocycles. The van der Waals surface area contributed by atoms with Crippen LogP contribution in [0.4, 0.5) is 5.69 Å². The van der Waals surface area contributed by atoms with Crippen LogP contribution in [0.5, 0.6) is 17.4 Å². The fourth-order valence-electron chi connectivity index (χ4n) is 1.75. The van der Waals surface area contributed by atoms with Crippen LogP contribution in [0.25, 0.3) is 0 Å². The van der Waals surface area contributed by atoms with Crippen LogP contribution >= 0.6 is 7.60 Å². The Bertz CT molecular complexity index is 737. The Kier molecular flexibility index (Phi) is 5.31. The number of hydrogen-bond acceptors (Lipinski definition) is 7. The molecule has 8 nitrogen and oxygen atoms in total. The SMILES string of the molecule is CCOP(C)(=O)Oc1cc(Oc2ccccn2)ccc1[N+](=O)[O-]. The van der Waals surface area contributed by atoms with Gasteiger partial charge in [-0.1, -0.05) is 6.07 Å². The Balaban J connectivity index is 2.32. The van der Waals surface area contributed by atoms with Crippen LogP contribution in [0.2, 0.25) is 0 Å². The van der Waals surface area contributed by atoms with Gasteiger partial charge in [0, 0.05) is 31.1 Å². The molecular formula is C14H15N2O6P. The van der Waals surface area contributed by atoms with E-state index in [0.717, 1.165) is 0 Å². The molecule has 0 bridgehead atoms. The third kappa shape index (κ3) is 4.77. The monoisotopic (exact) mass is 338 g/mol. The molecule has 0 aliphatic rings. The summed E-state index contributed by atoms with van der Waals surface area (Å²) in [6.07, 6.45) is 1.55. The summed E-state index contributed by atoms with van der Waals surface area (Å²) in [5.41, 5.74) is -0.333. The van der Waals surface area contributed by atoms with Gasteiger partial charge in [-0.2, -0.15) is 0 Å². The van der Waals surface area contributed by atoms with Crippen molar-refractivity contribution in [3.8, 4) is 17.4 Å². The first-order valence-corrected chi connectivity index (χ1v) is 8.69. The summed E-state index contributed by atoms with van der Waals surface area (Å²) >= 11 is 0. The van der Waals surface area contributed by atoms with Gasteiger partial charge in [-0.15, -0.1) is 0 Å². The molecule has 2 aromatic rings. The molecule has 0 fully saturated rings. The van der Waals surface area contributed by atoms with Gasteiger partial charge in [0.05, 0.1) is 11.5 Å². The number of pyridine rings is 1. The maximum absolute atomic E-state index is 12.1. The molecule has 0 N–H and O–H groups in total. The second kappa shape index (κ2) is 7.21. The number of nitrogens with zero attached hydrogens (tertiary/aromatic N) is 2. The second-order valence-electron chi connectivity index (χ2n) is 4.44. The first kappa shape index (κ1) is 16.9. The second-order valence-corrected chi connectivity index (χ2v) is 6.42. The van der Waals surface area contributed by atoms with Crippen LogP contribution in [0.3, 0.4) is 0 Å². The van der Waals surface area contributed by atoms with Crippen LogP contribution in [-0.4, -0.2) is 23.2 Å². The lowest BCUT2D eigenvalue weighted by Gasteiger charge is -2.15. The van der Waals surface area contributed by atoms with Crippen molar-refractivity contribution in [2.45, 2.75) is 6.92 Å². The molecule has 23 heavy (non-hydrogen) atoms. The molecule has 0 aliphatic carbocycles. The van der Waals surface area contributed by atoms with Crippen LogP contribution in [0, 0.1) is 10.1 Å². The molecule has 9 heteroatoms. The summed E-state index contributed by atoms with van der Waals surface area (Å²) in [7, 11) is -3.46. The van der Waals surface area contributed by atoms with Crippen molar-refractivity contribution in [3.05, 3.63) is 52.7 Å². The van der Waals surface area contributed by atoms with Gasteiger partial charge in [-0.3, -0.25) is 10.1 Å². The standard InChI is InChI=1S/C14H15N2O6P/c1-3-20-23(2,19)22-13-10-11(7-8-12(13)16(17)18)21-14-6-4-5-9-15-14/h4-10H,3H2,1-2H3. The number of nitro benzene ring substituents is 1. The van der Waals surface area contributed by atoms with Crippen molar-refractivity contribution in [1.82, 2.24) is 4.98 Å². The van der Waals surface area contributed by atoms with E-state index in [2.05, 4.69) is 4.98 Å². The van der Waals surface area contributed by atoms with E-state index in [-0.39, 0.29) is 23.8 Å². The van der Waals surface area contributed by atoms with E-state index < -0.39 is 12.5 Å². The van der Waals surface area contributed by atoms with E-state index in [1.54, 1.807) is 31.3 Å². The molecule has 1 aromatic carbocycles. The van der Waals surface area contributed by atoms with Gasteiger partial charge in [-0.05, 0) is 19.1 Å². The van der Waals surface area contributed by atoms with Crippen molar-refractivity contribution in [2.75, 3.05) is 13.3 Å². The zero-order valence-electron chi connectivity index (χ0n) is 12.5. The quantitative estimate of drug-likeness (QED) is 0.427. The minimum Gasteiger partial charge on any atom is -0.439 e. The molecule has 0 saturated carbocycles. The van der Waals surface area contributed by atoms with Crippen LogP contribution in [0.15, 0.2) is 42.6 Å². The smallest absolute Gasteiger partial charge is 0.376 e. The lowest BCUT2D eigenvalue weighted by Crippen LogP contribution is -2.00. The average Bonchev–Trinajstić information content (AvgIpc) is 2.47. The number of nitro groups is 1. The van der Waals surface area contributed by atoms with Crippen molar-refractivity contribution in [3.63, 3.8) is 0 Å².